The number of carbonyl (C=O) groups excluding carboxylic acids is 1. The van der Waals surface area contributed by atoms with Crippen LogP contribution in [-0.2, 0) is 0 Å². The van der Waals surface area contributed by atoms with E-state index in [9.17, 15) is 14.3 Å². The van der Waals surface area contributed by atoms with Gasteiger partial charge in [0.1, 0.15) is 5.82 Å². The van der Waals surface area contributed by atoms with E-state index in [1.54, 1.807) is 30.3 Å². The molecule has 0 aromatic heterocycles. The van der Waals surface area contributed by atoms with E-state index in [0.29, 0.717) is 17.2 Å². The van der Waals surface area contributed by atoms with Crippen LogP contribution in [0.2, 0.25) is 0 Å². The molecule has 1 atom stereocenters. The summed E-state index contributed by atoms with van der Waals surface area (Å²) in [5.74, 6) is -0.271. The monoisotopic (exact) mass is 382 g/mol. The summed E-state index contributed by atoms with van der Waals surface area (Å²) in [6.07, 6.45) is 3.60. The third kappa shape index (κ3) is 4.10. The number of benzene rings is 2. The summed E-state index contributed by atoms with van der Waals surface area (Å²) >= 11 is 0. The normalized spacial score (nSPS) is 21.6. The van der Waals surface area contributed by atoms with Crippen molar-refractivity contribution in [3.05, 3.63) is 59.9 Å². The molecule has 2 aromatic rings. The molecule has 0 spiro atoms. The fraction of sp³-hybridized carbons (Fsp3) is 0.435. The highest BCUT2D eigenvalue weighted by Gasteiger charge is 2.30. The van der Waals surface area contributed by atoms with Gasteiger partial charge in [-0.2, -0.15) is 0 Å². The molecule has 1 amide bonds. The summed E-state index contributed by atoms with van der Waals surface area (Å²) in [6, 6.07) is 14.3. The first-order valence-electron chi connectivity index (χ1n) is 10.2. The maximum absolute atomic E-state index is 14.1. The fourth-order valence-electron chi connectivity index (χ4n) is 4.45. The molecule has 148 valence electrons. The third-order valence-electron chi connectivity index (χ3n) is 5.99. The van der Waals surface area contributed by atoms with Crippen LogP contribution in [-0.4, -0.2) is 59.1 Å². The molecule has 1 unspecified atom stereocenters. The Balaban J connectivity index is 1.42. The van der Waals surface area contributed by atoms with Gasteiger partial charge in [-0.3, -0.25) is 9.69 Å². The molecular weight excluding hydrogens is 355 g/mol. The van der Waals surface area contributed by atoms with Gasteiger partial charge < -0.3 is 10.0 Å². The van der Waals surface area contributed by atoms with Gasteiger partial charge in [0.25, 0.3) is 5.91 Å². The van der Waals surface area contributed by atoms with Crippen LogP contribution in [0.1, 0.15) is 36.0 Å². The minimum atomic E-state index is -0.281. The highest BCUT2D eigenvalue weighted by molar-refractivity contribution is 5.95. The van der Waals surface area contributed by atoms with Crippen LogP contribution in [0.15, 0.2) is 48.5 Å². The summed E-state index contributed by atoms with van der Waals surface area (Å²) in [6.45, 7) is 3.24. The van der Waals surface area contributed by atoms with Crippen molar-refractivity contribution in [2.24, 2.45) is 0 Å². The lowest BCUT2D eigenvalue weighted by molar-refractivity contribution is 0.0241. The third-order valence-corrected chi connectivity index (χ3v) is 5.99. The maximum atomic E-state index is 14.1. The summed E-state index contributed by atoms with van der Waals surface area (Å²) < 4.78 is 14.1. The van der Waals surface area contributed by atoms with Crippen molar-refractivity contribution >= 4 is 5.91 Å². The molecule has 2 fully saturated rings. The van der Waals surface area contributed by atoms with Crippen LogP contribution < -0.4 is 0 Å². The zero-order valence-electron chi connectivity index (χ0n) is 16.1. The zero-order chi connectivity index (χ0) is 19.5. The van der Waals surface area contributed by atoms with Crippen LogP contribution >= 0.6 is 0 Å². The van der Waals surface area contributed by atoms with Gasteiger partial charge in [-0.1, -0.05) is 30.3 Å². The molecule has 0 saturated carbocycles. The highest BCUT2D eigenvalue weighted by atomic mass is 19.1. The molecule has 2 aliphatic rings. The van der Waals surface area contributed by atoms with Gasteiger partial charge >= 0.3 is 0 Å². The predicted molar refractivity (Wildman–Crippen MR) is 108 cm³/mol. The molecule has 28 heavy (non-hydrogen) atoms. The van der Waals surface area contributed by atoms with E-state index >= 15 is 0 Å². The number of hydrogen-bond donors (Lipinski definition) is 1. The second-order valence-electron chi connectivity index (χ2n) is 7.88. The predicted octanol–water partition coefficient (Wildman–Crippen LogP) is 3.55. The number of β-amino-alcohol motifs (C(OH)–C–C–N with tert-alkyl or cyclic N) is 1. The van der Waals surface area contributed by atoms with E-state index < -0.39 is 0 Å². The molecule has 4 nitrogen and oxygen atoms in total. The van der Waals surface area contributed by atoms with Gasteiger partial charge in [0.15, 0.2) is 0 Å². The number of amides is 1. The van der Waals surface area contributed by atoms with E-state index in [0.717, 1.165) is 57.4 Å². The van der Waals surface area contributed by atoms with Gasteiger partial charge in [0.2, 0.25) is 0 Å². The molecule has 2 heterocycles. The zero-order valence-corrected chi connectivity index (χ0v) is 16.1. The Morgan fingerprint density at radius 2 is 1.79 bits per heavy atom. The average molecular weight is 382 g/mol. The SMILES string of the molecule is O=C(c1cccc(-c2ccccc2F)c1)N1CCC(N2CCCC(O)C2)CC1. The van der Waals surface area contributed by atoms with Gasteiger partial charge in [-0.05, 0) is 56.0 Å². The van der Waals surface area contributed by atoms with Crippen LogP contribution in [0.3, 0.4) is 0 Å². The summed E-state index contributed by atoms with van der Waals surface area (Å²) in [5, 5.41) is 9.91. The average Bonchev–Trinajstić information content (AvgIpc) is 2.74. The van der Waals surface area contributed by atoms with Crippen molar-refractivity contribution in [3.8, 4) is 11.1 Å². The van der Waals surface area contributed by atoms with Crippen molar-refractivity contribution in [3.63, 3.8) is 0 Å². The highest BCUT2D eigenvalue weighted by Crippen LogP contribution is 2.25. The largest absolute Gasteiger partial charge is 0.392 e. The number of halogens is 1. The van der Waals surface area contributed by atoms with Crippen molar-refractivity contribution in [2.45, 2.75) is 37.8 Å². The van der Waals surface area contributed by atoms with E-state index in [1.807, 2.05) is 17.0 Å². The number of piperidine rings is 2. The second kappa shape index (κ2) is 8.41. The van der Waals surface area contributed by atoms with E-state index in [4.69, 9.17) is 0 Å². The van der Waals surface area contributed by atoms with Crippen LogP contribution in [0.4, 0.5) is 4.39 Å². The summed E-state index contributed by atoms with van der Waals surface area (Å²) in [5.41, 5.74) is 1.84. The number of aliphatic hydroxyl groups is 1. The Bertz CT molecular complexity index is 833. The lowest BCUT2D eigenvalue weighted by Crippen LogP contribution is -2.50. The molecular formula is C23H27FN2O2. The van der Waals surface area contributed by atoms with Gasteiger partial charge in [-0.15, -0.1) is 0 Å². The minimum absolute atomic E-state index is 0.00955. The van der Waals surface area contributed by atoms with Crippen molar-refractivity contribution < 1.29 is 14.3 Å². The van der Waals surface area contributed by atoms with E-state index in [1.165, 1.54) is 6.07 Å². The lowest BCUT2D eigenvalue weighted by atomic mass is 9.98. The molecule has 0 radical (unpaired) electrons. The Morgan fingerprint density at radius 1 is 1.00 bits per heavy atom. The Hall–Kier alpha value is -2.24. The van der Waals surface area contributed by atoms with Crippen molar-refractivity contribution in [1.82, 2.24) is 9.80 Å². The topological polar surface area (TPSA) is 43.8 Å². The summed E-state index contributed by atoms with van der Waals surface area (Å²) in [4.78, 5) is 17.3. The number of nitrogens with zero attached hydrogens (tertiary/aromatic N) is 2. The molecule has 0 aliphatic carbocycles. The number of likely N-dealkylation sites (tertiary alicyclic amines) is 2. The Kier molecular flexibility index (Phi) is 5.74. The molecule has 0 bridgehead atoms. The first-order chi connectivity index (χ1) is 13.6. The standard InChI is InChI=1S/C23H27FN2O2/c24-22-9-2-1-8-21(22)17-5-3-6-18(15-17)23(28)25-13-10-19(11-14-25)26-12-4-7-20(27)16-26/h1-3,5-6,8-9,15,19-20,27H,4,7,10-14,16H2. The minimum Gasteiger partial charge on any atom is -0.392 e. The Morgan fingerprint density at radius 3 is 2.54 bits per heavy atom. The van der Waals surface area contributed by atoms with E-state index in [2.05, 4.69) is 4.90 Å². The van der Waals surface area contributed by atoms with Crippen LogP contribution in [0.5, 0.6) is 0 Å². The maximum Gasteiger partial charge on any atom is 0.253 e. The molecule has 2 saturated heterocycles. The smallest absolute Gasteiger partial charge is 0.253 e. The van der Waals surface area contributed by atoms with Crippen molar-refractivity contribution in [2.75, 3.05) is 26.2 Å². The fourth-order valence-corrected chi connectivity index (χ4v) is 4.45. The molecule has 2 aliphatic heterocycles. The van der Waals surface area contributed by atoms with Crippen LogP contribution in [0, 0.1) is 5.82 Å². The first kappa shape index (κ1) is 19.1. The molecule has 4 rings (SSSR count). The molecule has 1 N–H and O–H groups in total. The first-order valence-corrected chi connectivity index (χ1v) is 10.2. The second-order valence-corrected chi connectivity index (χ2v) is 7.88. The summed E-state index contributed by atoms with van der Waals surface area (Å²) in [7, 11) is 0. The molecule has 2 aromatic carbocycles. The van der Waals surface area contributed by atoms with Crippen LogP contribution in [0.25, 0.3) is 11.1 Å². The quantitative estimate of drug-likeness (QED) is 0.883. The lowest BCUT2D eigenvalue weighted by Gasteiger charge is -2.41. The van der Waals surface area contributed by atoms with Gasteiger partial charge in [-0.25, -0.2) is 4.39 Å². The number of aliphatic hydroxyl groups excluding tert-OH is 1. The number of hydrogen-bond acceptors (Lipinski definition) is 3. The number of carbonyl (C=O) groups is 1. The van der Waals surface area contributed by atoms with E-state index in [-0.39, 0.29) is 17.8 Å². The molecule has 5 heteroatoms. The number of rotatable bonds is 3. The van der Waals surface area contributed by atoms with Gasteiger partial charge in [0, 0.05) is 36.8 Å². The van der Waals surface area contributed by atoms with Crippen molar-refractivity contribution in [1.29, 1.82) is 0 Å². The Labute approximate surface area is 165 Å². The van der Waals surface area contributed by atoms with Gasteiger partial charge in [0.05, 0.1) is 6.10 Å².